The summed E-state index contributed by atoms with van der Waals surface area (Å²) in [5.41, 5.74) is 26.6. The van der Waals surface area contributed by atoms with E-state index in [1.165, 1.54) is 33.9 Å². The Balaban J connectivity index is 0.000000164. The van der Waals surface area contributed by atoms with E-state index in [4.69, 9.17) is 42.9 Å². The lowest BCUT2D eigenvalue weighted by molar-refractivity contribution is -0.155. The minimum absolute atomic E-state index is 0.0114. The van der Waals surface area contributed by atoms with Gasteiger partial charge in [0.25, 0.3) is 17.7 Å². The Morgan fingerprint density at radius 1 is 0.467 bits per heavy atom. The molecule has 34 nitrogen and oxygen atoms in total. The van der Waals surface area contributed by atoms with E-state index >= 15 is 0 Å². The Kier molecular flexibility index (Phi) is 26.4. The number of phenolic OH excluding ortho intramolecular Hbond substituents is 3. The van der Waals surface area contributed by atoms with Gasteiger partial charge in [0.15, 0.2) is 34.2 Å². The number of aromatic hydroxyl groups is 3. The van der Waals surface area contributed by atoms with E-state index < -0.39 is 180 Å². The standard InChI is InChI=1S/C40H43N3O10.C32H37N3O7.C29H31N3O8/c1-5-53-39(50)27(16-20-9-7-6-8-10-20)42-19-21-11-14-29(52-4)24(15-21)23-12-13-28(44)31-25(23)17-22-18-26-33(43(2)3)35(46)32(38(41)49)37(48)40(26,51)36(47)30(22)34(31)45;1-31(2,3)17-8-6-14(7-9-17)18-11-16(13-33)25(36)22-19(18)10-15-12-20-24(35(4)5)27(38)23(30(34)41)29(40)32(20,42)28(39)21(15)26(22)37;1-32(2)23-17-10-13-9-16-15(12-4-7-19(40-3)14(8-12)11-30)5-6-18(33)21(16)24(34)20(13)26(36)29(17,39)27(37)22(25(23)35)28(31)38/h6-15,22,26-27,33,42,44-45,48,51H,5,16-19H2,1-4H3,(H2,41,49);6-9,11,15,20,24,36-37,40,42H,10,12-13,33H2,1-5H3,(H2,34,41);4-8,13,17,23,33-34,37,39H,9-11,30H2,1-3H3,(H2,31,38)/t22-,26-,27?,33?,40-;15-,20-,24?,32-;13-,17-,23-,29-/m000/s1. The maximum absolute atomic E-state index is 14.2. The van der Waals surface area contributed by atoms with Crippen LogP contribution < -0.4 is 43.5 Å². The number of esters is 1. The van der Waals surface area contributed by atoms with Gasteiger partial charge in [-0.3, -0.25) is 62.6 Å². The van der Waals surface area contributed by atoms with Crippen LogP contribution in [0.3, 0.4) is 0 Å². The van der Waals surface area contributed by atoms with Crippen molar-refractivity contribution < 1.29 is 123 Å². The quantitative estimate of drug-likeness (QED) is 0.0290. The summed E-state index contributed by atoms with van der Waals surface area (Å²) in [6.07, 6.45) is 0.886. The van der Waals surface area contributed by atoms with Crippen LogP contribution in [0.15, 0.2) is 172 Å². The van der Waals surface area contributed by atoms with Gasteiger partial charge in [-0.05, 0) is 221 Å². The Morgan fingerprint density at radius 3 is 1.27 bits per heavy atom. The first-order valence-corrected chi connectivity index (χ1v) is 44.0. The molecule has 0 bridgehead atoms. The summed E-state index contributed by atoms with van der Waals surface area (Å²) in [6, 6.07) is 32.3. The monoisotopic (exact) mass is 1850 g/mol. The fraction of sp³-hybridized carbons (Fsp3) is 0.366. The second kappa shape index (κ2) is 36.6. The van der Waals surface area contributed by atoms with Gasteiger partial charge in [-0.2, -0.15) is 0 Å². The first-order chi connectivity index (χ1) is 63.7. The van der Waals surface area contributed by atoms with Crippen LogP contribution in [0.2, 0.25) is 0 Å². The minimum Gasteiger partial charge on any atom is -0.508 e. The molecule has 135 heavy (non-hydrogen) atoms. The lowest BCUT2D eigenvalue weighted by Gasteiger charge is -2.50. The summed E-state index contributed by atoms with van der Waals surface area (Å²) >= 11 is 0. The van der Waals surface area contributed by atoms with Gasteiger partial charge in [0.1, 0.15) is 86.1 Å². The third kappa shape index (κ3) is 16.0. The number of amides is 3. The lowest BCUT2D eigenvalue weighted by Crippen LogP contribution is -2.65. The van der Waals surface area contributed by atoms with Crippen molar-refractivity contribution in [2.24, 2.45) is 64.2 Å². The van der Waals surface area contributed by atoms with Crippen molar-refractivity contribution in [1.29, 1.82) is 0 Å². The molecule has 0 aromatic heterocycles. The topological polar surface area (TPSA) is 593 Å². The number of aliphatic hydroxyl groups excluding tert-OH is 6. The van der Waals surface area contributed by atoms with Crippen LogP contribution in [0.1, 0.15) is 108 Å². The molecule has 3 fully saturated rings. The zero-order valence-corrected chi connectivity index (χ0v) is 76.5. The van der Waals surface area contributed by atoms with E-state index in [0.29, 0.717) is 56.9 Å². The van der Waals surface area contributed by atoms with Crippen molar-refractivity contribution in [3.05, 3.63) is 233 Å². The number of nitrogens with zero attached hydrogens (tertiary/aromatic N) is 3. The molecule has 9 aliphatic carbocycles. The number of rotatable bonds is 20. The van der Waals surface area contributed by atoms with Gasteiger partial charge in [-0.15, -0.1) is 0 Å². The number of carbonyl (C=O) groups is 10. The molecule has 3 unspecified atom stereocenters. The highest BCUT2D eigenvalue weighted by atomic mass is 16.5. The zero-order chi connectivity index (χ0) is 98.7. The lowest BCUT2D eigenvalue weighted by atomic mass is 9.57. The number of nitrogens with two attached hydrogens (primary N) is 5. The Morgan fingerprint density at radius 2 is 0.867 bits per heavy atom. The molecular formula is C101H111N9O25. The van der Waals surface area contributed by atoms with Gasteiger partial charge in [0.05, 0.1) is 55.6 Å². The highest BCUT2D eigenvalue weighted by Crippen LogP contribution is 2.59. The number of phenols is 3. The number of methoxy groups -OCH3 is 2. The van der Waals surface area contributed by atoms with Crippen molar-refractivity contribution in [3.63, 3.8) is 0 Å². The highest BCUT2D eigenvalue weighted by Gasteiger charge is 2.68. The average molecular weight is 1850 g/mol. The number of Topliss-reactive ketones (excluding diaryl/α,β-unsaturated/α-hetero) is 6. The van der Waals surface area contributed by atoms with Gasteiger partial charge >= 0.3 is 5.97 Å². The van der Waals surface area contributed by atoms with Crippen LogP contribution in [-0.4, -0.2) is 238 Å². The molecule has 34 heteroatoms. The van der Waals surface area contributed by atoms with E-state index in [1.807, 2.05) is 78.9 Å². The molecule has 13 atom stereocenters. The molecule has 3 saturated carbocycles. The van der Waals surface area contributed by atoms with Crippen molar-refractivity contribution >= 4 is 75.7 Å². The number of fused-ring (bicyclic) bond motifs is 9. The molecule has 0 heterocycles. The fourth-order valence-corrected chi connectivity index (χ4v) is 21.7. The molecule has 7 aromatic carbocycles. The number of hydrogen-bond acceptors (Lipinski definition) is 31. The maximum atomic E-state index is 14.2. The molecule has 0 aliphatic heterocycles. The summed E-state index contributed by atoms with van der Waals surface area (Å²) in [5.74, 6) is -20.2. The molecule has 23 N–H and O–H groups in total. The average Bonchev–Trinajstić information content (AvgIpc) is 0.704. The molecule has 0 radical (unpaired) electrons. The number of carbonyl (C=O) groups excluding carboxylic acids is 10. The molecular weight excluding hydrogens is 1740 g/mol. The van der Waals surface area contributed by atoms with Crippen molar-refractivity contribution in [3.8, 4) is 62.1 Å². The summed E-state index contributed by atoms with van der Waals surface area (Å²) in [7, 11) is 12.4. The normalized spacial score (nSPS) is 24.8. The van der Waals surface area contributed by atoms with E-state index in [-0.39, 0.29) is 127 Å². The number of aliphatic hydroxyl groups is 9. The third-order valence-electron chi connectivity index (χ3n) is 28.1. The molecule has 710 valence electrons. The maximum Gasteiger partial charge on any atom is 0.323 e. The third-order valence-corrected chi connectivity index (χ3v) is 28.1. The minimum atomic E-state index is -2.73. The van der Waals surface area contributed by atoms with Crippen molar-refractivity contribution in [2.75, 3.05) is 63.1 Å². The van der Waals surface area contributed by atoms with Crippen LogP contribution in [-0.2, 0) is 103 Å². The van der Waals surface area contributed by atoms with Crippen molar-refractivity contribution in [2.45, 2.75) is 139 Å². The first-order valence-electron chi connectivity index (χ1n) is 44.0. The predicted octanol–water partition coefficient (Wildman–Crippen LogP) is 6.39. The van der Waals surface area contributed by atoms with Gasteiger partial charge in [-0.1, -0.05) is 99.6 Å². The number of ketones is 6. The van der Waals surface area contributed by atoms with Gasteiger partial charge in [0, 0.05) is 70.8 Å². The van der Waals surface area contributed by atoms with Crippen LogP contribution in [0, 0.1) is 35.5 Å². The Hall–Kier alpha value is -13.7. The number of likely N-dealkylation sites (N-methyl/N-ethyl adjacent to an activating group) is 3. The van der Waals surface area contributed by atoms with E-state index in [0.717, 1.165) is 38.9 Å². The molecule has 0 saturated heterocycles. The number of primary amides is 3. The smallest absolute Gasteiger partial charge is 0.323 e. The Labute approximate surface area is 776 Å². The van der Waals surface area contributed by atoms with Gasteiger partial charge in [-0.25, -0.2) is 0 Å². The summed E-state index contributed by atoms with van der Waals surface area (Å²) in [5, 5.41) is 140. The Bertz CT molecular complexity index is 6390. The van der Waals surface area contributed by atoms with Crippen molar-refractivity contribution in [1.82, 2.24) is 20.0 Å². The first kappa shape index (κ1) is 97.3. The molecule has 0 spiro atoms. The summed E-state index contributed by atoms with van der Waals surface area (Å²) in [6.45, 7) is 8.77. The van der Waals surface area contributed by atoms with Crippen LogP contribution in [0.25, 0.3) is 50.7 Å². The largest absolute Gasteiger partial charge is 0.508 e. The van der Waals surface area contributed by atoms with Gasteiger partial charge < -0.3 is 109 Å². The molecule has 9 aliphatic rings. The van der Waals surface area contributed by atoms with E-state index in [9.17, 15) is 109 Å². The second-order valence-electron chi connectivity index (χ2n) is 37.3. The summed E-state index contributed by atoms with van der Waals surface area (Å²) in [4.78, 5) is 136. The van der Waals surface area contributed by atoms with E-state index in [1.54, 1.807) is 86.7 Å². The zero-order valence-electron chi connectivity index (χ0n) is 76.5. The van der Waals surface area contributed by atoms with Gasteiger partial charge in [0.2, 0.25) is 17.3 Å². The molecule has 3 amide bonds. The molecule has 7 aromatic rings. The van der Waals surface area contributed by atoms with Crippen LogP contribution in [0.5, 0.6) is 28.7 Å². The highest BCUT2D eigenvalue weighted by molar-refractivity contribution is 6.27. The SMILES string of the molecule is CCOC(=O)C(Cc1ccccc1)NCc1ccc(OC)c(-c2ccc(O)c3c2C[C@H]2C[C@H]4C(N(C)C)C(=O)C(C(N)=O)=C(O)[C@@]4(O)C(=O)C2=C3O)c1.CN(C)C1C(=O)C(C(N)=O)=C(O)[C@@]2(O)C(=O)C3=C(O)c4c(O)c(CN)cc(-c5ccc(C(C)(C)C)cc5)c4C[C@H]3C[C@@H]12.COc1ccc(-c2ccc(O)c3c2C[C@H]2C[C@H]4[C@H](N(C)C)C(=O)C(C(N)=O)=C(O)[C@@]4(O)C(=O)C2=C3O)cc1CN. The number of hydrogen-bond donors (Lipinski definition) is 18. The predicted molar refractivity (Wildman–Crippen MR) is 494 cm³/mol. The molecule has 16 rings (SSSR count). The number of nitrogens with one attached hydrogen (secondary N) is 1. The number of benzene rings is 7. The fourth-order valence-electron chi connectivity index (χ4n) is 21.7. The summed E-state index contributed by atoms with van der Waals surface area (Å²) < 4.78 is 16.5. The van der Waals surface area contributed by atoms with Crippen LogP contribution >= 0.6 is 0 Å². The number of ether oxygens (including phenoxy) is 3. The van der Waals surface area contributed by atoms with E-state index in [2.05, 4.69) is 26.1 Å². The second-order valence-corrected chi connectivity index (χ2v) is 37.3. The van der Waals surface area contributed by atoms with Crippen LogP contribution in [0.4, 0.5) is 0 Å².